The van der Waals surface area contributed by atoms with Gasteiger partial charge < -0.3 is 5.32 Å². The molecule has 0 bridgehead atoms. The fraction of sp³-hybridized carbons (Fsp3) is 0.294. The summed E-state index contributed by atoms with van der Waals surface area (Å²) in [6.45, 7) is 3.92. The van der Waals surface area contributed by atoms with E-state index in [0.29, 0.717) is 0 Å². The Morgan fingerprint density at radius 3 is 2.86 bits per heavy atom. The number of hydrogen-bond donors (Lipinski definition) is 2. The summed E-state index contributed by atoms with van der Waals surface area (Å²) in [4.78, 5) is 4.31. The van der Waals surface area contributed by atoms with E-state index in [1.165, 1.54) is 27.6 Å². The molecule has 1 aromatic carbocycles. The number of aromatic amines is 1. The van der Waals surface area contributed by atoms with Crippen LogP contribution in [0.1, 0.15) is 23.2 Å². The Bertz CT molecular complexity index is 712. The molecule has 0 unspecified atom stereocenters. The SMILES string of the molecule is Cc1[nH]ncc1CCCNCc1cncc2ccccc12. The van der Waals surface area contributed by atoms with E-state index in [2.05, 4.69) is 51.7 Å². The van der Waals surface area contributed by atoms with E-state index in [9.17, 15) is 0 Å². The summed E-state index contributed by atoms with van der Waals surface area (Å²) in [5, 5.41) is 13.0. The van der Waals surface area contributed by atoms with Gasteiger partial charge >= 0.3 is 0 Å². The van der Waals surface area contributed by atoms with Crippen molar-refractivity contribution in [3.63, 3.8) is 0 Å². The summed E-state index contributed by atoms with van der Waals surface area (Å²) in [6.07, 6.45) is 7.96. The number of rotatable bonds is 6. The van der Waals surface area contributed by atoms with Crippen molar-refractivity contribution < 1.29 is 0 Å². The maximum absolute atomic E-state index is 4.31. The Morgan fingerprint density at radius 1 is 1.10 bits per heavy atom. The lowest BCUT2D eigenvalue weighted by Gasteiger charge is -2.07. The molecular formula is C17H20N4. The molecule has 3 rings (SSSR count). The topological polar surface area (TPSA) is 53.6 Å². The monoisotopic (exact) mass is 280 g/mol. The zero-order valence-electron chi connectivity index (χ0n) is 12.3. The zero-order valence-corrected chi connectivity index (χ0v) is 12.3. The van der Waals surface area contributed by atoms with Gasteiger partial charge in [-0.05, 0) is 42.8 Å². The van der Waals surface area contributed by atoms with Gasteiger partial charge in [0.2, 0.25) is 0 Å². The molecule has 0 saturated carbocycles. The third-order valence-corrected chi connectivity index (χ3v) is 3.80. The molecule has 21 heavy (non-hydrogen) atoms. The highest BCUT2D eigenvalue weighted by Gasteiger charge is 2.02. The molecule has 4 nitrogen and oxygen atoms in total. The normalized spacial score (nSPS) is 11.1. The lowest BCUT2D eigenvalue weighted by molar-refractivity contribution is 0.650. The van der Waals surface area contributed by atoms with Gasteiger partial charge in [0.05, 0.1) is 6.20 Å². The van der Waals surface area contributed by atoms with Gasteiger partial charge in [0, 0.05) is 30.0 Å². The second-order valence-corrected chi connectivity index (χ2v) is 5.32. The number of benzene rings is 1. The van der Waals surface area contributed by atoms with Gasteiger partial charge in [-0.15, -0.1) is 0 Å². The Labute approximate surface area is 124 Å². The van der Waals surface area contributed by atoms with Gasteiger partial charge in [0.1, 0.15) is 0 Å². The highest BCUT2D eigenvalue weighted by molar-refractivity contribution is 5.84. The highest BCUT2D eigenvalue weighted by atomic mass is 15.1. The van der Waals surface area contributed by atoms with E-state index >= 15 is 0 Å². The van der Waals surface area contributed by atoms with E-state index in [1.54, 1.807) is 0 Å². The van der Waals surface area contributed by atoms with E-state index in [0.717, 1.165) is 25.9 Å². The Kier molecular flexibility index (Phi) is 4.26. The average Bonchev–Trinajstić information content (AvgIpc) is 2.92. The van der Waals surface area contributed by atoms with Gasteiger partial charge in [0.25, 0.3) is 0 Å². The molecule has 2 heterocycles. The van der Waals surface area contributed by atoms with Crippen LogP contribution in [0.15, 0.2) is 42.9 Å². The number of H-pyrrole nitrogens is 1. The van der Waals surface area contributed by atoms with Crippen molar-refractivity contribution in [1.82, 2.24) is 20.5 Å². The van der Waals surface area contributed by atoms with Gasteiger partial charge in [-0.2, -0.15) is 5.10 Å². The number of hydrogen-bond acceptors (Lipinski definition) is 3. The van der Waals surface area contributed by atoms with Crippen LogP contribution in [0.25, 0.3) is 10.8 Å². The number of pyridine rings is 1. The smallest absolute Gasteiger partial charge is 0.0522 e. The van der Waals surface area contributed by atoms with Crippen LogP contribution in [0.4, 0.5) is 0 Å². The summed E-state index contributed by atoms with van der Waals surface area (Å²) >= 11 is 0. The van der Waals surface area contributed by atoms with Crippen molar-refractivity contribution in [2.45, 2.75) is 26.3 Å². The largest absolute Gasteiger partial charge is 0.313 e. The second-order valence-electron chi connectivity index (χ2n) is 5.32. The molecule has 0 aliphatic heterocycles. The van der Waals surface area contributed by atoms with Crippen LogP contribution in [-0.2, 0) is 13.0 Å². The molecule has 0 spiro atoms. The zero-order chi connectivity index (χ0) is 14.5. The molecule has 2 N–H and O–H groups in total. The second kappa shape index (κ2) is 6.50. The van der Waals surface area contributed by atoms with E-state index in [-0.39, 0.29) is 0 Å². The fourth-order valence-electron chi connectivity index (χ4n) is 2.57. The maximum Gasteiger partial charge on any atom is 0.0522 e. The third-order valence-electron chi connectivity index (χ3n) is 3.80. The summed E-state index contributed by atoms with van der Waals surface area (Å²) in [7, 11) is 0. The lowest BCUT2D eigenvalue weighted by atomic mass is 10.1. The Balaban J connectivity index is 1.52. The molecule has 2 aromatic heterocycles. The molecule has 3 aromatic rings. The van der Waals surface area contributed by atoms with Crippen LogP contribution in [0, 0.1) is 6.92 Å². The van der Waals surface area contributed by atoms with Gasteiger partial charge in [-0.3, -0.25) is 10.1 Å². The Hall–Kier alpha value is -2.20. The molecule has 0 fully saturated rings. The van der Waals surface area contributed by atoms with Crippen LogP contribution in [-0.4, -0.2) is 21.7 Å². The standard InChI is InChI=1S/C17H20N4/c1-13-14(12-20-21-13)6-4-8-18-10-16-11-19-9-15-5-2-3-7-17(15)16/h2-3,5,7,9,11-12,18H,4,6,8,10H2,1H3,(H,20,21). The van der Waals surface area contributed by atoms with Crippen molar-refractivity contribution in [3.8, 4) is 0 Å². The van der Waals surface area contributed by atoms with Crippen molar-refractivity contribution in [2.75, 3.05) is 6.54 Å². The predicted molar refractivity (Wildman–Crippen MR) is 85.1 cm³/mol. The number of aromatic nitrogens is 3. The average molecular weight is 280 g/mol. The van der Waals surface area contributed by atoms with E-state index < -0.39 is 0 Å². The van der Waals surface area contributed by atoms with Gasteiger partial charge in [0.15, 0.2) is 0 Å². The molecule has 0 radical (unpaired) electrons. The number of nitrogens with one attached hydrogen (secondary N) is 2. The summed E-state index contributed by atoms with van der Waals surface area (Å²) in [5.74, 6) is 0. The maximum atomic E-state index is 4.31. The lowest BCUT2D eigenvalue weighted by Crippen LogP contribution is -2.15. The fourth-order valence-corrected chi connectivity index (χ4v) is 2.57. The summed E-state index contributed by atoms with van der Waals surface area (Å²) < 4.78 is 0. The van der Waals surface area contributed by atoms with Crippen molar-refractivity contribution in [3.05, 3.63) is 59.7 Å². The van der Waals surface area contributed by atoms with Gasteiger partial charge in [-0.25, -0.2) is 0 Å². The minimum Gasteiger partial charge on any atom is -0.313 e. The van der Waals surface area contributed by atoms with Crippen LogP contribution in [0.2, 0.25) is 0 Å². The molecule has 0 aliphatic rings. The molecule has 4 heteroatoms. The molecule has 0 saturated heterocycles. The first kappa shape index (κ1) is 13.8. The van der Waals surface area contributed by atoms with Crippen LogP contribution in [0.5, 0.6) is 0 Å². The highest BCUT2D eigenvalue weighted by Crippen LogP contribution is 2.16. The number of fused-ring (bicyclic) bond motifs is 1. The molecule has 0 atom stereocenters. The number of nitrogens with zero attached hydrogens (tertiary/aromatic N) is 2. The van der Waals surface area contributed by atoms with Crippen LogP contribution < -0.4 is 5.32 Å². The first-order valence-electron chi connectivity index (χ1n) is 7.36. The van der Waals surface area contributed by atoms with Crippen molar-refractivity contribution in [1.29, 1.82) is 0 Å². The molecule has 0 aliphatic carbocycles. The predicted octanol–water partition coefficient (Wildman–Crippen LogP) is 2.99. The third kappa shape index (κ3) is 3.28. The van der Waals surface area contributed by atoms with E-state index in [1.807, 2.05) is 18.6 Å². The summed E-state index contributed by atoms with van der Waals surface area (Å²) in [5.41, 5.74) is 3.74. The minimum absolute atomic E-state index is 0.860. The molecule has 0 amide bonds. The summed E-state index contributed by atoms with van der Waals surface area (Å²) in [6, 6.07) is 8.39. The quantitative estimate of drug-likeness (QED) is 0.682. The molecule has 108 valence electrons. The minimum atomic E-state index is 0.860. The van der Waals surface area contributed by atoms with Crippen LogP contribution >= 0.6 is 0 Å². The molecular weight excluding hydrogens is 260 g/mol. The number of aryl methyl sites for hydroxylation is 2. The van der Waals surface area contributed by atoms with Gasteiger partial charge in [-0.1, -0.05) is 24.3 Å². The first-order chi connectivity index (χ1) is 10.3. The first-order valence-corrected chi connectivity index (χ1v) is 7.36. The van der Waals surface area contributed by atoms with E-state index in [4.69, 9.17) is 0 Å². The Morgan fingerprint density at radius 2 is 2.00 bits per heavy atom. The van der Waals surface area contributed by atoms with Crippen LogP contribution in [0.3, 0.4) is 0 Å². The van der Waals surface area contributed by atoms with Crippen molar-refractivity contribution >= 4 is 10.8 Å². The van der Waals surface area contributed by atoms with Crippen molar-refractivity contribution in [2.24, 2.45) is 0 Å².